The Hall–Kier alpha value is -2.99. The molecule has 0 N–H and O–H groups in total. The molecule has 0 heterocycles. The first-order valence-corrected chi connectivity index (χ1v) is 11.6. The molecule has 1 aromatic rings. The maximum atomic E-state index is 13.2. The Morgan fingerprint density at radius 3 is 2.27 bits per heavy atom. The van der Waals surface area contributed by atoms with Crippen LogP contribution in [0.5, 0.6) is 5.75 Å². The fourth-order valence-corrected chi connectivity index (χ4v) is 3.79. The molecule has 0 saturated heterocycles. The van der Waals surface area contributed by atoms with E-state index in [9.17, 15) is 4.79 Å². The molecule has 6 heteroatoms. The molecule has 2 aliphatic rings. The van der Waals surface area contributed by atoms with Gasteiger partial charge in [0.05, 0.1) is 18.1 Å². The number of benzene rings is 1. The molecule has 1 atom stereocenters. The number of hydrogen-bond acceptors (Lipinski definition) is 6. The van der Waals surface area contributed by atoms with Gasteiger partial charge in [-0.1, -0.05) is 24.3 Å². The molecule has 1 aromatic carbocycles. The number of ether oxygens (including phenoxy) is 5. The second kappa shape index (κ2) is 12.3. The van der Waals surface area contributed by atoms with Gasteiger partial charge in [0.2, 0.25) is 0 Å². The lowest BCUT2D eigenvalue weighted by atomic mass is 10.0. The highest BCUT2D eigenvalue weighted by atomic mass is 16.7. The summed E-state index contributed by atoms with van der Waals surface area (Å²) < 4.78 is 29.3. The highest BCUT2D eigenvalue weighted by molar-refractivity contribution is 5.90. The van der Waals surface area contributed by atoms with Gasteiger partial charge in [-0.25, -0.2) is 4.79 Å². The molecule has 0 radical (unpaired) electrons. The zero-order valence-electron chi connectivity index (χ0n) is 19.6. The van der Waals surface area contributed by atoms with Crippen molar-refractivity contribution in [3.05, 3.63) is 78.3 Å². The maximum absolute atomic E-state index is 13.2. The fraction of sp³-hybridized carbons (Fsp3) is 0.444. The lowest BCUT2D eigenvalue weighted by Crippen LogP contribution is -2.39. The molecular formula is C27H34O6. The Morgan fingerprint density at radius 2 is 1.73 bits per heavy atom. The van der Waals surface area contributed by atoms with Gasteiger partial charge in [-0.15, -0.1) is 6.58 Å². The molecule has 178 valence electrons. The smallest absolute Gasteiger partial charge is 0.343 e. The van der Waals surface area contributed by atoms with Gasteiger partial charge in [0.25, 0.3) is 5.79 Å². The summed E-state index contributed by atoms with van der Waals surface area (Å²) in [5.74, 6) is 0.380. The van der Waals surface area contributed by atoms with Crippen molar-refractivity contribution in [3.8, 4) is 5.75 Å². The third-order valence-corrected chi connectivity index (χ3v) is 5.34. The summed E-state index contributed by atoms with van der Waals surface area (Å²) in [4.78, 5) is 13.2. The normalized spacial score (nSPS) is 17.1. The molecule has 6 nitrogen and oxygen atoms in total. The standard InChI is InChI=1S/C27H34O6/c1-4-18-29-20-30-26(28)25(19-21(2)31-22-12-6-5-7-13-22)27(3,32-23-14-8-9-15-23)33-24-16-10-11-17-24/h4-7,12-14,16,19,21H,1,8-11,15,17-18,20H2,2-3H3/b25-19+. The van der Waals surface area contributed by atoms with E-state index < -0.39 is 17.9 Å². The van der Waals surface area contributed by atoms with E-state index >= 15 is 0 Å². The lowest BCUT2D eigenvalue weighted by molar-refractivity contribution is -0.175. The van der Waals surface area contributed by atoms with Crippen LogP contribution in [0.4, 0.5) is 0 Å². The van der Waals surface area contributed by atoms with Crippen LogP contribution in [0.15, 0.2) is 78.3 Å². The van der Waals surface area contributed by atoms with Crippen LogP contribution in [0.2, 0.25) is 0 Å². The summed E-state index contributed by atoms with van der Waals surface area (Å²) in [6.07, 6.45) is 12.5. The molecule has 3 rings (SSSR count). The third-order valence-electron chi connectivity index (χ3n) is 5.34. The number of carbonyl (C=O) groups is 1. The minimum atomic E-state index is -1.36. The Labute approximate surface area is 196 Å². The van der Waals surface area contributed by atoms with Crippen molar-refractivity contribution in [2.75, 3.05) is 13.4 Å². The van der Waals surface area contributed by atoms with Gasteiger partial charge < -0.3 is 23.7 Å². The van der Waals surface area contributed by atoms with Gasteiger partial charge in [-0.2, -0.15) is 0 Å². The van der Waals surface area contributed by atoms with Gasteiger partial charge >= 0.3 is 5.97 Å². The first-order chi connectivity index (χ1) is 16.0. The van der Waals surface area contributed by atoms with Crippen molar-refractivity contribution in [1.29, 1.82) is 0 Å². The first kappa shape index (κ1) is 24.6. The number of hydrogen-bond donors (Lipinski definition) is 0. The molecule has 0 aliphatic heterocycles. The molecule has 0 amide bonds. The van der Waals surface area contributed by atoms with Gasteiger partial charge in [-0.3, -0.25) is 0 Å². The Kier molecular flexibility index (Phi) is 9.19. The third kappa shape index (κ3) is 7.53. The molecule has 0 spiro atoms. The minimum absolute atomic E-state index is 0.197. The quantitative estimate of drug-likeness (QED) is 0.120. The summed E-state index contributed by atoms with van der Waals surface area (Å²) in [5, 5.41) is 0. The van der Waals surface area contributed by atoms with E-state index in [0.29, 0.717) is 5.75 Å². The van der Waals surface area contributed by atoms with E-state index in [4.69, 9.17) is 23.7 Å². The van der Waals surface area contributed by atoms with Crippen LogP contribution in [0.1, 0.15) is 52.4 Å². The molecular weight excluding hydrogens is 420 g/mol. The van der Waals surface area contributed by atoms with Crippen LogP contribution in [-0.2, 0) is 23.7 Å². The molecule has 0 bridgehead atoms. The summed E-state index contributed by atoms with van der Waals surface area (Å²) in [7, 11) is 0. The van der Waals surface area contributed by atoms with E-state index in [2.05, 4.69) is 6.58 Å². The predicted octanol–water partition coefficient (Wildman–Crippen LogP) is 5.97. The van der Waals surface area contributed by atoms with Crippen molar-refractivity contribution in [3.63, 3.8) is 0 Å². The summed E-state index contributed by atoms with van der Waals surface area (Å²) in [5.41, 5.74) is 0.230. The molecule has 1 unspecified atom stereocenters. The summed E-state index contributed by atoms with van der Waals surface area (Å²) in [6.45, 7) is 7.31. The van der Waals surface area contributed by atoms with Crippen LogP contribution in [0, 0.1) is 0 Å². The molecule has 2 aliphatic carbocycles. The van der Waals surface area contributed by atoms with Gasteiger partial charge in [0, 0.05) is 19.8 Å². The van der Waals surface area contributed by atoms with E-state index in [1.807, 2.05) is 49.4 Å². The van der Waals surface area contributed by atoms with E-state index in [0.717, 1.165) is 50.0 Å². The maximum Gasteiger partial charge on any atom is 0.343 e. The zero-order valence-corrected chi connectivity index (χ0v) is 19.6. The van der Waals surface area contributed by atoms with Crippen LogP contribution >= 0.6 is 0 Å². The molecule has 0 saturated carbocycles. The van der Waals surface area contributed by atoms with Crippen molar-refractivity contribution < 1.29 is 28.5 Å². The highest BCUT2D eigenvalue weighted by Gasteiger charge is 2.41. The number of para-hydroxylation sites is 1. The second-order valence-electron chi connectivity index (χ2n) is 8.20. The number of rotatable bonds is 13. The largest absolute Gasteiger partial charge is 0.487 e. The number of allylic oxidation sites excluding steroid dienone is 4. The topological polar surface area (TPSA) is 63.2 Å². The monoisotopic (exact) mass is 454 g/mol. The Balaban J connectivity index is 1.88. The fourth-order valence-electron chi connectivity index (χ4n) is 3.79. The molecule has 0 aromatic heterocycles. The SMILES string of the molecule is C=CCOCOC(=O)/C(=C\C(C)Oc1ccccc1)C(C)(OC1=CCCC1)OC1=CCCC1. The predicted molar refractivity (Wildman–Crippen MR) is 126 cm³/mol. The van der Waals surface area contributed by atoms with E-state index in [1.165, 1.54) is 0 Å². The minimum Gasteiger partial charge on any atom is -0.487 e. The van der Waals surface area contributed by atoms with Crippen LogP contribution < -0.4 is 4.74 Å². The number of esters is 1. The van der Waals surface area contributed by atoms with Crippen LogP contribution in [-0.4, -0.2) is 31.3 Å². The van der Waals surface area contributed by atoms with Crippen LogP contribution in [0.25, 0.3) is 0 Å². The van der Waals surface area contributed by atoms with Gasteiger partial charge in [-0.05, 0) is 63.0 Å². The molecule has 0 fully saturated rings. The average Bonchev–Trinajstić information content (AvgIpc) is 3.50. The highest BCUT2D eigenvalue weighted by Crippen LogP contribution is 2.36. The number of carbonyl (C=O) groups excluding carboxylic acids is 1. The van der Waals surface area contributed by atoms with E-state index in [1.54, 1.807) is 19.1 Å². The zero-order chi connectivity index (χ0) is 23.5. The average molecular weight is 455 g/mol. The lowest BCUT2D eigenvalue weighted by Gasteiger charge is -2.34. The Bertz CT molecular complexity index is 857. The summed E-state index contributed by atoms with van der Waals surface area (Å²) in [6, 6.07) is 9.44. The molecule has 33 heavy (non-hydrogen) atoms. The second-order valence-corrected chi connectivity index (χ2v) is 8.20. The van der Waals surface area contributed by atoms with Crippen molar-refractivity contribution in [1.82, 2.24) is 0 Å². The Morgan fingerprint density at radius 1 is 1.09 bits per heavy atom. The van der Waals surface area contributed by atoms with Gasteiger partial charge in [0.15, 0.2) is 6.79 Å². The van der Waals surface area contributed by atoms with Crippen molar-refractivity contribution >= 4 is 5.97 Å². The van der Waals surface area contributed by atoms with Crippen LogP contribution in [0.3, 0.4) is 0 Å². The van der Waals surface area contributed by atoms with E-state index in [-0.39, 0.29) is 19.0 Å². The summed E-state index contributed by atoms with van der Waals surface area (Å²) >= 11 is 0. The first-order valence-electron chi connectivity index (χ1n) is 11.6. The van der Waals surface area contributed by atoms with Crippen molar-refractivity contribution in [2.45, 2.75) is 64.3 Å². The van der Waals surface area contributed by atoms with Crippen molar-refractivity contribution in [2.24, 2.45) is 0 Å². The van der Waals surface area contributed by atoms with Gasteiger partial charge in [0.1, 0.15) is 17.4 Å².